The van der Waals surface area contributed by atoms with Gasteiger partial charge in [0.2, 0.25) is 0 Å². The van der Waals surface area contributed by atoms with Crippen molar-refractivity contribution >= 4 is 0 Å². The SMILES string of the molecule is NCC1(N2CCCC3CCCC32)CCCc2ccccc21. The summed E-state index contributed by atoms with van der Waals surface area (Å²) in [6.45, 7) is 2.04. The Kier molecular flexibility index (Phi) is 3.55. The Morgan fingerprint density at radius 3 is 2.86 bits per heavy atom. The third kappa shape index (κ3) is 2.07. The van der Waals surface area contributed by atoms with Crippen LogP contribution in [-0.2, 0) is 12.0 Å². The summed E-state index contributed by atoms with van der Waals surface area (Å²) >= 11 is 0. The highest BCUT2D eigenvalue weighted by Crippen LogP contribution is 2.47. The van der Waals surface area contributed by atoms with Crippen molar-refractivity contribution in [3.63, 3.8) is 0 Å². The summed E-state index contributed by atoms with van der Waals surface area (Å²) in [5.41, 5.74) is 9.65. The summed E-state index contributed by atoms with van der Waals surface area (Å²) in [5.74, 6) is 0.941. The van der Waals surface area contributed by atoms with Crippen molar-refractivity contribution in [3.05, 3.63) is 35.4 Å². The molecule has 2 fully saturated rings. The Bertz CT molecular complexity index is 512. The van der Waals surface area contributed by atoms with Crippen LogP contribution in [-0.4, -0.2) is 24.0 Å². The van der Waals surface area contributed by atoms with E-state index >= 15 is 0 Å². The highest BCUT2D eigenvalue weighted by Gasteiger charge is 2.47. The van der Waals surface area contributed by atoms with Crippen molar-refractivity contribution in [2.45, 2.75) is 62.9 Å². The molecule has 2 heteroatoms. The minimum atomic E-state index is 0.127. The van der Waals surface area contributed by atoms with E-state index in [0.29, 0.717) is 0 Å². The molecule has 0 aromatic heterocycles. The van der Waals surface area contributed by atoms with Gasteiger partial charge in [-0.3, -0.25) is 4.90 Å². The first-order valence-electron chi connectivity index (χ1n) is 8.90. The van der Waals surface area contributed by atoms with Gasteiger partial charge >= 0.3 is 0 Å². The zero-order chi connectivity index (χ0) is 14.3. The van der Waals surface area contributed by atoms with Crippen LogP contribution in [0.3, 0.4) is 0 Å². The van der Waals surface area contributed by atoms with Crippen LogP contribution in [0.5, 0.6) is 0 Å². The fourth-order valence-electron chi connectivity index (χ4n) is 5.51. The molecule has 2 N–H and O–H groups in total. The summed E-state index contributed by atoms with van der Waals surface area (Å²) in [5, 5.41) is 0. The van der Waals surface area contributed by atoms with Gasteiger partial charge in [-0.25, -0.2) is 0 Å². The minimum Gasteiger partial charge on any atom is -0.328 e. The van der Waals surface area contributed by atoms with Gasteiger partial charge in [0.05, 0.1) is 5.54 Å². The minimum absolute atomic E-state index is 0.127. The second-order valence-corrected chi connectivity index (χ2v) is 7.34. The number of benzene rings is 1. The van der Waals surface area contributed by atoms with Gasteiger partial charge in [-0.15, -0.1) is 0 Å². The van der Waals surface area contributed by atoms with E-state index in [1.165, 1.54) is 57.9 Å². The van der Waals surface area contributed by atoms with Crippen molar-refractivity contribution in [1.29, 1.82) is 0 Å². The first-order valence-corrected chi connectivity index (χ1v) is 8.90. The molecule has 0 bridgehead atoms. The summed E-state index contributed by atoms with van der Waals surface area (Å²) in [6, 6.07) is 9.90. The zero-order valence-corrected chi connectivity index (χ0v) is 13.1. The van der Waals surface area contributed by atoms with E-state index in [2.05, 4.69) is 29.2 Å². The second kappa shape index (κ2) is 5.40. The maximum absolute atomic E-state index is 6.43. The van der Waals surface area contributed by atoms with Gasteiger partial charge in [-0.05, 0) is 68.5 Å². The van der Waals surface area contributed by atoms with Crippen LogP contribution < -0.4 is 5.73 Å². The lowest BCUT2D eigenvalue weighted by atomic mass is 9.73. The lowest BCUT2D eigenvalue weighted by Crippen LogP contribution is -2.59. The standard InChI is InChI=1S/C19H28N2/c20-14-19(12-4-8-15-6-1-2-10-17(15)19)21-13-5-9-16-7-3-11-18(16)21/h1-2,6,10,16,18H,3-5,7-9,11-14,20H2. The van der Waals surface area contributed by atoms with Crippen molar-refractivity contribution in [2.24, 2.45) is 11.7 Å². The first-order chi connectivity index (χ1) is 10.3. The zero-order valence-electron chi connectivity index (χ0n) is 13.1. The van der Waals surface area contributed by atoms with Crippen molar-refractivity contribution in [1.82, 2.24) is 4.90 Å². The molecule has 3 atom stereocenters. The molecule has 1 aromatic carbocycles. The van der Waals surface area contributed by atoms with Gasteiger partial charge in [0.25, 0.3) is 0 Å². The third-order valence-electron chi connectivity index (χ3n) is 6.44. The first kappa shape index (κ1) is 13.8. The molecule has 0 spiro atoms. The highest BCUT2D eigenvalue weighted by atomic mass is 15.3. The number of fused-ring (bicyclic) bond motifs is 2. The maximum atomic E-state index is 6.43. The average Bonchev–Trinajstić information content (AvgIpc) is 3.03. The van der Waals surface area contributed by atoms with Gasteiger partial charge in [0, 0.05) is 12.6 Å². The predicted molar refractivity (Wildman–Crippen MR) is 87.2 cm³/mol. The molecule has 1 heterocycles. The summed E-state index contributed by atoms with van der Waals surface area (Å²) in [7, 11) is 0. The molecule has 4 rings (SSSR count). The number of likely N-dealkylation sites (tertiary alicyclic amines) is 1. The predicted octanol–water partition coefficient (Wildman–Crippen LogP) is 3.44. The molecule has 21 heavy (non-hydrogen) atoms. The van der Waals surface area contributed by atoms with Crippen LogP contribution >= 0.6 is 0 Å². The Morgan fingerprint density at radius 2 is 1.95 bits per heavy atom. The number of aryl methyl sites for hydroxylation is 1. The molecule has 0 amide bonds. The number of nitrogens with two attached hydrogens (primary N) is 1. The van der Waals surface area contributed by atoms with E-state index in [-0.39, 0.29) is 5.54 Å². The fraction of sp³-hybridized carbons (Fsp3) is 0.684. The van der Waals surface area contributed by atoms with E-state index in [0.717, 1.165) is 18.5 Å². The normalized spacial score (nSPS) is 36.2. The maximum Gasteiger partial charge on any atom is 0.0589 e. The number of piperidine rings is 1. The van der Waals surface area contributed by atoms with Crippen LogP contribution in [0.15, 0.2) is 24.3 Å². The molecule has 114 valence electrons. The van der Waals surface area contributed by atoms with E-state index in [1.54, 1.807) is 11.1 Å². The third-order valence-corrected chi connectivity index (χ3v) is 6.44. The molecule has 1 aromatic rings. The molecular formula is C19H28N2. The Hall–Kier alpha value is -0.860. The van der Waals surface area contributed by atoms with E-state index in [1.807, 2.05) is 0 Å². The molecule has 3 unspecified atom stereocenters. The van der Waals surface area contributed by atoms with Gasteiger partial charge in [-0.2, -0.15) is 0 Å². The highest BCUT2D eigenvalue weighted by molar-refractivity contribution is 5.37. The fourth-order valence-corrected chi connectivity index (χ4v) is 5.51. The topological polar surface area (TPSA) is 29.3 Å². The van der Waals surface area contributed by atoms with Crippen LogP contribution in [0, 0.1) is 5.92 Å². The second-order valence-electron chi connectivity index (χ2n) is 7.34. The van der Waals surface area contributed by atoms with Gasteiger partial charge in [0.15, 0.2) is 0 Å². The molecule has 2 nitrogen and oxygen atoms in total. The monoisotopic (exact) mass is 284 g/mol. The lowest BCUT2D eigenvalue weighted by molar-refractivity contribution is -0.0102. The van der Waals surface area contributed by atoms with Crippen LogP contribution in [0.4, 0.5) is 0 Å². The number of nitrogens with zero attached hydrogens (tertiary/aromatic N) is 1. The quantitative estimate of drug-likeness (QED) is 0.901. The van der Waals surface area contributed by atoms with Crippen LogP contribution in [0.25, 0.3) is 0 Å². The summed E-state index contributed by atoms with van der Waals surface area (Å²) in [6.07, 6.45) is 10.9. The van der Waals surface area contributed by atoms with Crippen molar-refractivity contribution in [2.75, 3.05) is 13.1 Å². The van der Waals surface area contributed by atoms with Crippen molar-refractivity contribution in [3.8, 4) is 0 Å². The van der Waals surface area contributed by atoms with Gasteiger partial charge < -0.3 is 5.73 Å². The summed E-state index contributed by atoms with van der Waals surface area (Å²) in [4.78, 5) is 2.85. The Morgan fingerprint density at radius 1 is 1.10 bits per heavy atom. The summed E-state index contributed by atoms with van der Waals surface area (Å²) < 4.78 is 0. The average molecular weight is 284 g/mol. The molecule has 1 aliphatic heterocycles. The molecule has 1 saturated carbocycles. The number of hydrogen-bond acceptors (Lipinski definition) is 2. The van der Waals surface area contributed by atoms with E-state index in [9.17, 15) is 0 Å². The van der Waals surface area contributed by atoms with Crippen LogP contribution in [0.1, 0.15) is 56.1 Å². The number of rotatable bonds is 2. The van der Waals surface area contributed by atoms with Crippen LogP contribution in [0.2, 0.25) is 0 Å². The Balaban J connectivity index is 1.77. The molecule has 2 aliphatic carbocycles. The van der Waals surface area contributed by atoms with Crippen molar-refractivity contribution < 1.29 is 0 Å². The van der Waals surface area contributed by atoms with E-state index in [4.69, 9.17) is 5.73 Å². The largest absolute Gasteiger partial charge is 0.328 e. The van der Waals surface area contributed by atoms with Gasteiger partial charge in [0.1, 0.15) is 0 Å². The number of hydrogen-bond donors (Lipinski definition) is 1. The molecule has 3 aliphatic rings. The van der Waals surface area contributed by atoms with Gasteiger partial charge in [-0.1, -0.05) is 30.7 Å². The lowest BCUT2D eigenvalue weighted by Gasteiger charge is -2.53. The molecule has 0 radical (unpaired) electrons. The molecule has 1 saturated heterocycles. The van der Waals surface area contributed by atoms with E-state index < -0.39 is 0 Å². The Labute approximate surface area is 128 Å². The smallest absolute Gasteiger partial charge is 0.0589 e. The molecular weight excluding hydrogens is 256 g/mol.